The van der Waals surface area contributed by atoms with Crippen molar-refractivity contribution in [3.63, 3.8) is 0 Å². The number of hydrogen-bond acceptors (Lipinski definition) is 4. The normalized spacial score (nSPS) is 10.8. The minimum absolute atomic E-state index is 0.146. The van der Waals surface area contributed by atoms with Crippen molar-refractivity contribution in [3.05, 3.63) is 53.9 Å². The van der Waals surface area contributed by atoms with Crippen LogP contribution in [-0.2, 0) is 11.3 Å². The lowest BCUT2D eigenvalue weighted by atomic mass is 10.1. The Morgan fingerprint density at radius 3 is 2.70 bits per heavy atom. The van der Waals surface area contributed by atoms with Crippen LogP contribution in [0.15, 0.2) is 42.8 Å². The summed E-state index contributed by atoms with van der Waals surface area (Å²) in [5, 5.41) is 8.71. The van der Waals surface area contributed by atoms with Gasteiger partial charge in [-0.05, 0) is 35.9 Å². The molecule has 1 aromatic rings. The van der Waals surface area contributed by atoms with Gasteiger partial charge in [-0.15, -0.1) is 0 Å². The molecule has 0 fully saturated rings. The van der Waals surface area contributed by atoms with Crippen molar-refractivity contribution in [2.75, 3.05) is 26.0 Å². The fourth-order valence-electron chi connectivity index (χ4n) is 1.93. The van der Waals surface area contributed by atoms with Gasteiger partial charge in [0.25, 0.3) is 5.91 Å². The van der Waals surface area contributed by atoms with Crippen LogP contribution in [0.25, 0.3) is 0 Å². The summed E-state index contributed by atoms with van der Waals surface area (Å²) in [4.78, 5) is 12.0. The van der Waals surface area contributed by atoms with Crippen molar-refractivity contribution in [3.8, 4) is 0 Å². The number of nitrogens with one attached hydrogen (secondary N) is 3. The number of ether oxygens (including phenoxy) is 1. The van der Waals surface area contributed by atoms with Crippen LogP contribution in [-0.4, -0.2) is 26.6 Å². The average Bonchev–Trinajstić information content (AvgIpc) is 2.52. The number of allylic oxidation sites excluding steroid dienone is 1. The van der Waals surface area contributed by atoms with Crippen LogP contribution in [0.5, 0.6) is 0 Å². The molecule has 0 unspecified atom stereocenters. The highest BCUT2D eigenvalue weighted by atomic mass is 16.5. The maximum absolute atomic E-state index is 12.0. The molecular weight excluding hydrogens is 290 g/mol. The summed E-state index contributed by atoms with van der Waals surface area (Å²) in [6.45, 7) is 9.37. The lowest BCUT2D eigenvalue weighted by Crippen LogP contribution is -2.19. The van der Waals surface area contributed by atoms with E-state index in [0.717, 1.165) is 5.56 Å². The van der Waals surface area contributed by atoms with Gasteiger partial charge >= 0.3 is 0 Å². The van der Waals surface area contributed by atoms with E-state index in [2.05, 4.69) is 36.4 Å². The van der Waals surface area contributed by atoms with Gasteiger partial charge in [-0.2, -0.15) is 0 Å². The van der Waals surface area contributed by atoms with Crippen molar-refractivity contribution in [1.82, 2.24) is 10.6 Å². The van der Waals surface area contributed by atoms with Crippen LogP contribution in [0.1, 0.15) is 29.8 Å². The molecule has 3 N–H and O–H groups in total. The first-order valence-corrected chi connectivity index (χ1v) is 7.70. The van der Waals surface area contributed by atoms with Crippen molar-refractivity contribution in [2.24, 2.45) is 5.92 Å². The average molecular weight is 317 g/mol. The SMILES string of the molecule is C=C(C=CNC)Nc1cc(COCC(C)C)ccc1C(=O)NC. The zero-order valence-corrected chi connectivity index (χ0v) is 14.4. The molecule has 0 aliphatic heterocycles. The maximum atomic E-state index is 12.0. The third-order valence-corrected chi connectivity index (χ3v) is 3.02. The molecule has 0 aliphatic carbocycles. The van der Waals surface area contributed by atoms with Crippen LogP contribution >= 0.6 is 0 Å². The Morgan fingerprint density at radius 1 is 1.35 bits per heavy atom. The van der Waals surface area contributed by atoms with Crippen molar-refractivity contribution >= 4 is 11.6 Å². The smallest absolute Gasteiger partial charge is 0.253 e. The third kappa shape index (κ3) is 6.57. The first kappa shape index (κ1) is 18.8. The predicted molar refractivity (Wildman–Crippen MR) is 95.3 cm³/mol. The number of amides is 1. The third-order valence-electron chi connectivity index (χ3n) is 3.02. The van der Waals surface area contributed by atoms with E-state index in [9.17, 15) is 4.79 Å². The summed E-state index contributed by atoms with van der Waals surface area (Å²) in [7, 11) is 3.42. The zero-order valence-electron chi connectivity index (χ0n) is 14.4. The number of carbonyl (C=O) groups is 1. The van der Waals surface area contributed by atoms with Gasteiger partial charge in [0.15, 0.2) is 0 Å². The van der Waals surface area contributed by atoms with Gasteiger partial charge in [-0.25, -0.2) is 0 Å². The molecule has 0 atom stereocenters. The lowest BCUT2D eigenvalue weighted by Gasteiger charge is -2.14. The Balaban J connectivity index is 2.93. The zero-order chi connectivity index (χ0) is 17.2. The summed E-state index contributed by atoms with van der Waals surface area (Å²) in [6, 6.07) is 5.62. The second-order valence-corrected chi connectivity index (χ2v) is 5.64. The molecule has 1 amide bonds. The number of benzene rings is 1. The van der Waals surface area contributed by atoms with Gasteiger partial charge in [0, 0.05) is 26.4 Å². The number of anilines is 1. The summed E-state index contributed by atoms with van der Waals surface area (Å²) in [5.41, 5.74) is 2.97. The van der Waals surface area contributed by atoms with Gasteiger partial charge in [0.1, 0.15) is 0 Å². The van der Waals surface area contributed by atoms with Crippen molar-refractivity contribution in [2.45, 2.75) is 20.5 Å². The molecule has 126 valence electrons. The van der Waals surface area contributed by atoms with Crippen molar-refractivity contribution < 1.29 is 9.53 Å². The molecule has 0 saturated heterocycles. The molecule has 5 nitrogen and oxygen atoms in total. The van der Waals surface area contributed by atoms with E-state index in [1.54, 1.807) is 25.4 Å². The predicted octanol–water partition coefficient (Wildman–Crippen LogP) is 2.88. The minimum atomic E-state index is -0.146. The highest BCUT2D eigenvalue weighted by Gasteiger charge is 2.11. The summed E-state index contributed by atoms with van der Waals surface area (Å²) < 4.78 is 5.66. The summed E-state index contributed by atoms with van der Waals surface area (Å²) in [5.74, 6) is 0.344. The minimum Gasteiger partial charge on any atom is -0.394 e. The van der Waals surface area contributed by atoms with Crippen LogP contribution in [0, 0.1) is 5.92 Å². The summed E-state index contributed by atoms with van der Waals surface area (Å²) >= 11 is 0. The number of carbonyl (C=O) groups excluding carboxylic acids is 1. The first-order valence-electron chi connectivity index (χ1n) is 7.70. The van der Waals surface area contributed by atoms with E-state index >= 15 is 0 Å². The Kier molecular flexibility index (Phi) is 7.91. The molecule has 23 heavy (non-hydrogen) atoms. The van der Waals surface area contributed by atoms with Crippen LogP contribution in [0.3, 0.4) is 0 Å². The van der Waals surface area contributed by atoms with Gasteiger partial charge < -0.3 is 20.7 Å². The molecule has 0 bridgehead atoms. The molecule has 0 aromatic heterocycles. The Bertz CT molecular complexity index is 565. The molecule has 1 aromatic carbocycles. The van der Waals surface area contributed by atoms with Gasteiger partial charge in [0.2, 0.25) is 0 Å². The van der Waals surface area contributed by atoms with E-state index in [0.29, 0.717) is 36.1 Å². The molecule has 0 radical (unpaired) electrons. The second kappa shape index (κ2) is 9.69. The molecule has 0 saturated carbocycles. The van der Waals surface area contributed by atoms with E-state index in [4.69, 9.17) is 4.74 Å². The fraction of sp³-hybridized carbons (Fsp3) is 0.389. The molecule has 1 rings (SSSR count). The van der Waals surface area contributed by atoms with E-state index in [1.165, 1.54) is 0 Å². The van der Waals surface area contributed by atoms with Crippen LogP contribution in [0.4, 0.5) is 5.69 Å². The quantitative estimate of drug-likeness (QED) is 0.613. The molecule has 5 heteroatoms. The van der Waals surface area contributed by atoms with E-state index in [-0.39, 0.29) is 5.91 Å². The molecule has 0 spiro atoms. The van der Waals surface area contributed by atoms with E-state index in [1.807, 2.05) is 19.2 Å². The first-order chi connectivity index (χ1) is 11.0. The Morgan fingerprint density at radius 2 is 2.09 bits per heavy atom. The van der Waals surface area contributed by atoms with Gasteiger partial charge in [-0.1, -0.05) is 26.5 Å². The van der Waals surface area contributed by atoms with Crippen molar-refractivity contribution in [1.29, 1.82) is 0 Å². The number of rotatable bonds is 9. The van der Waals surface area contributed by atoms with Gasteiger partial charge in [0.05, 0.1) is 17.9 Å². The molecular formula is C18H27N3O2. The topological polar surface area (TPSA) is 62.4 Å². The standard InChI is InChI=1S/C18H27N3O2/c1-13(2)11-23-12-15-6-7-16(18(22)20-5)17(10-15)21-14(3)8-9-19-4/h6-10,13,19,21H,3,11-12H2,1-2,4-5H3,(H,20,22). The second-order valence-electron chi connectivity index (χ2n) is 5.64. The lowest BCUT2D eigenvalue weighted by molar-refractivity contribution is 0.0958. The van der Waals surface area contributed by atoms with E-state index < -0.39 is 0 Å². The fourth-order valence-corrected chi connectivity index (χ4v) is 1.93. The summed E-state index contributed by atoms with van der Waals surface area (Å²) in [6.07, 6.45) is 3.57. The highest BCUT2D eigenvalue weighted by molar-refractivity contribution is 5.99. The highest BCUT2D eigenvalue weighted by Crippen LogP contribution is 2.20. The van der Waals surface area contributed by atoms with Crippen LogP contribution in [0.2, 0.25) is 0 Å². The largest absolute Gasteiger partial charge is 0.394 e. The van der Waals surface area contributed by atoms with Gasteiger partial charge in [-0.3, -0.25) is 4.79 Å². The Hall–Kier alpha value is -2.27. The Labute approximate surface area is 138 Å². The number of hydrogen-bond donors (Lipinski definition) is 3. The molecule has 0 heterocycles. The van der Waals surface area contributed by atoms with Crippen LogP contribution < -0.4 is 16.0 Å². The maximum Gasteiger partial charge on any atom is 0.253 e. The molecule has 0 aliphatic rings. The monoisotopic (exact) mass is 317 g/mol.